The molecule has 1 N–H and O–H groups in total. The molecule has 132 valence electrons. The Morgan fingerprint density at radius 1 is 1.08 bits per heavy atom. The summed E-state index contributed by atoms with van der Waals surface area (Å²) in [5, 5.41) is 8.03. The van der Waals surface area contributed by atoms with Crippen molar-refractivity contribution in [2.24, 2.45) is 0 Å². The third-order valence-electron chi connectivity index (χ3n) is 4.61. The largest absolute Gasteiger partial charge is 0.339 e. The normalized spacial score (nSPS) is 17.2. The van der Waals surface area contributed by atoms with Crippen LogP contribution in [0.4, 0.5) is 5.95 Å². The van der Waals surface area contributed by atoms with Gasteiger partial charge in [-0.3, -0.25) is 9.67 Å². The Balaban J connectivity index is 1.57. The maximum atomic E-state index is 11.6. The Morgan fingerprint density at radius 2 is 1.92 bits per heavy atom. The van der Waals surface area contributed by atoms with E-state index in [0.717, 1.165) is 16.6 Å². The minimum absolute atomic E-state index is 0.129. The standard InChI is InChI=1S/C16H15N7O2S/c24-26(25)5-3-22(4-6-26)16-17-9-14-15(20-16)23(10-18-14)12-2-1-11-8-19-21-13(11)7-12/h1-2,7-10H,3-6H2,(H,19,21). The Hall–Kier alpha value is -3.01. The molecule has 4 heterocycles. The van der Waals surface area contributed by atoms with Gasteiger partial charge in [-0.25, -0.2) is 18.4 Å². The van der Waals surface area contributed by atoms with E-state index in [1.165, 1.54) is 0 Å². The van der Waals surface area contributed by atoms with Crippen LogP contribution in [0.15, 0.2) is 36.9 Å². The van der Waals surface area contributed by atoms with Gasteiger partial charge in [-0.15, -0.1) is 0 Å². The van der Waals surface area contributed by atoms with E-state index < -0.39 is 9.84 Å². The van der Waals surface area contributed by atoms with Crippen LogP contribution in [0.1, 0.15) is 0 Å². The minimum Gasteiger partial charge on any atom is -0.339 e. The van der Waals surface area contributed by atoms with Gasteiger partial charge in [0, 0.05) is 18.5 Å². The molecular formula is C16H15N7O2S. The van der Waals surface area contributed by atoms with Crippen molar-refractivity contribution >= 4 is 37.9 Å². The lowest BCUT2D eigenvalue weighted by atomic mass is 10.2. The topological polar surface area (TPSA) is 110 Å². The highest BCUT2D eigenvalue weighted by molar-refractivity contribution is 7.91. The molecule has 0 atom stereocenters. The van der Waals surface area contributed by atoms with Gasteiger partial charge in [0.25, 0.3) is 0 Å². The number of hydrogen-bond acceptors (Lipinski definition) is 7. The summed E-state index contributed by atoms with van der Waals surface area (Å²) in [6.45, 7) is 0.810. The third-order valence-corrected chi connectivity index (χ3v) is 6.22. The fraction of sp³-hybridized carbons (Fsp3) is 0.250. The Kier molecular flexibility index (Phi) is 3.23. The molecule has 3 aromatic heterocycles. The second kappa shape index (κ2) is 5.49. The molecule has 1 aliphatic rings. The van der Waals surface area contributed by atoms with E-state index >= 15 is 0 Å². The summed E-state index contributed by atoms with van der Waals surface area (Å²) in [7, 11) is -2.95. The molecule has 0 aliphatic carbocycles. The maximum Gasteiger partial charge on any atom is 0.227 e. The Labute approximate surface area is 148 Å². The van der Waals surface area contributed by atoms with E-state index in [1.807, 2.05) is 27.7 Å². The fourth-order valence-corrected chi connectivity index (χ4v) is 4.33. The number of nitrogens with zero attached hydrogens (tertiary/aromatic N) is 6. The summed E-state index contributed by atoms with van der Waals surface area (Å²) >= 11 is 0. The molecule has 1 aromatic carbocycles. The van der Waals surface area contributed by atoms with E-state index in [4.69, 9.17) is 0 Å². The zero-order valence-corrected chi connectivity index (χ0v) is 14.5. The lowest BCUT2D eigenvalue weighted by Crippen LogP contribution is -2.41. The van der Waals surface area contributed by atoms with Crippen LogP contribution in [0, 0.1) is 0 Å². The van der Waals surface area contributed by atoms with Crippen molar-refractivity contribution in [2.75, 3.05) is 29.5 Å². The summed E-state index contributed by atoms with van der Waals surface area (Å²) in [5.41, 5.74) is 3.21. The highest BCUT2D eigenvalue weighted by atomic mass is 32.2. The number of imidazole rings is 1. The molecular weight excluding hydrogens is 354 g/mol. The van der Waals surface area contributed by atoms with Crippen molar-refractivity contribution in [1.82, 2.24) is 29.7 Å². The van der Waals surface area contributed by atoms with Crippen molar-refractivity contribution in [1.29, 1.82) is 0 Å². The number of nitrogens with one attached hydrogen (secondary N) is 1. The van der Waals surface area contributed by atoms with E-state index in [0.29, 0.717) is 30.2 Å². The second-order valence-electron chi connectivity index (χ2n) is 6.27. The van der Waals surface area contributed by atoms with Crippen LogP contribution in [0.25, 0.3) is 27.8 Å². The summed E-state index contributed by atoms with van der Waals surface area (Å²) in [5.74, 6) is 0.783. The van der Waals surface area contributed by atoms with Crippen LogP contribution >= 0.6 is 0 Å². The molecule has 1 fully saturated rings. The lowest BCUT2D eigenvalue weighted by Gasteiger charge is -2.26. The summed E-state index contributed by atoms with van der Waals surface area (Å²) in [6, 6.07) is 5.95. The predicted molar refractivity (Wildman–Crippen MR) is 97.2 cm³/mol. The minimum atomic E-state index is -2.95. The molecule has 26 heavy (non-hydrogen) atoms. The highest BCUT2D eigenvalue weighted by Crippen LogP contribution is 2.22. The molecule has 0 unspecified atom stereocenters. The third kappa shape index (κ3) is 2.49. The molecule has 0 spiro atoms. The lowest BCUT2D eigenvalue weighted by molar-refractivity contribution is 0.585. The van der Waals surface area contributed by atoms with Gasteiger partial charge in [0.15, 0.2) is 15.5 Å². The average molecular weight is 369 g/mol. The first kappa shape index (κ1) is 15.3. The van der Waals surface area contributed by atoms with Gasteiger partial charge in [-0.1, -0.05) is 0 Å². The van der Waals surface area contributed by atoms with Gasteiger partial charge in [0.05, 0.1) is 35.1 Å². The smallest absolute Gasteiger partial charge is 0.227 e. The molecule has 4 aromatic rings. The van der Waals surface area contributed by atoms with Gasteiger partial charge < -0.3 is 4.90 Å². The molecule has 0 radical (unpaired) electrons. The Bertz CT molecular complexity index is 1210. The monoisotopic (exact) mass is 369 g/mol. The number of anilines is 1. The van der Waals surface area contributed by atoms with E-state index in [1.54, 1.807) is 18.7 Å². The summed E-state index contributed by atoms with van der Waals surface area (Å²) < 4.78 is 25.2. The van der Waals surface area contributed by atoms with Crippen molar-refractivity contribution in [2.45, 2.75) is 0 Å². The second-order valence-corrected chi connectivity index (χ2v) is 8.58. The van der Waals surface area contributed by atoms with Gasteiger partial charge in [0.2, 0.25) is 5.95 Å². The highest BCUT2D eigenvalue weighted by Gasteiger charge is 2.23. The fourth-order valence-electron chi connectivity index (χ4n) is 3.13. The first-order valence-electron chi connectivity index (χ1n) is 8.18. The SMILES string of the molecule is O=S1(=O)CCN(c2ncc3ncn(-c4ccc5cn[nH]c5c4)c3n2)CC1. The summed E-state index contributed by atoms with van der Waals surface area (Å²) in [4.78, 5) is 15.3. The number of rotatable bonds is 2. The Morgan fingerprint density at radius 3 is 2.77 bits per heavy atom. The number of benzene rings is 1. The van der Waals surface area contributed by atoms with E-state index in [2.05, 4.69) is 25.1 Å². The number of aromatic nitrogens is 6. The molecule has 0 saturated carbocycles. The van der Waals surface area contributed by atoms with Crippen molar-refractivity contribution < 1.29 is 8.42 Å². The van der Waals surface area contributed by atoms with Gasteiger partial charge in [-0.05, 0) is 18.2 Å². The number of hydrogen-bond donors (Lipinski definition) is 1. The van der Waals surface area contributed by atoms with E-state index in [9.17, 15) is 8.42 Å². The summed E-state index contributed by atoms with van der Waals surface area (Å²) in [6.07, 6.45) is 5.16. The van der Waals surface area contributed by atoms with Crippen LogP contribution in [0.2, 0.25) is 0 Å². The van der Waals surface area contributed by atoms with Gasteiger partial charge in [0.1, 0.15) is 11.8 Å². The average Bonchev–Trinajstić information content (AvgIpc) is 3.27. The predicted octanol–water partition coefficient (Wildman–Crippen LogP) is 0.927. The van der Waals surface area contributed by atoms with E-state index in [-0.39, 0.29) is 11.5 Å². The zero-order valence-electron chi connectivity index (χ0n) is 13.7. The number of fused-ring (bicyclic) bond motifs is 2. The number of H-pyrrole nitrogens is 1. The van der Waals surface area contributed by atoms with Crippen LogP contribution in [0.5, 0.6) is 0 Å². The van der Waals surface area contributed by atoms with Gasteiger partial charge in [-0.2, -0.15) is 10.1 Å². The number of aromatic amines is 1. The zero-order chi connectivity index (χ0) is 17.7. The molecule has 9 nitrogen and oxygen atoms in total. The molecule has 5 rings (SSSR count). The van der Waals surface area contributed by atoms with Crippen LogP contribution in [0.3, 0.4) is 0 Å². The molecule has 1 aliphatic heterocycles. The molecule has 1 saturated heterocycles. The first-order chi connectivity index (χ1) is 12.6. The molecule has 10 heteroatoms. The van der Waals surface area contributed by atoms with Crippen LogP contribution < -0.4 is 4.90 Å². The van der Waals surface area contributed by atoms with Crippen molar-refractivity contribution in [3.05, 3.63) is 36.9 Å². The molecule has 0 bridgehead atoms. The quantitative estimate of drug-likeness (QED) is 0.559. The number of sulfone groups is 1. The van der Waals surface area contributed by atoms with Crippen molar-refractivity contribution in [3.8, 4) is 5.69 Å². The van der Waals surface area contributed by atoms with Gasteiger partial charge >= 0.3 is 0 Å². The van der Waals surface area contributed by atoms with Crippen LogP contribution in [-0.4, -0.2) is 62.7 Å². The van der Waals surface area contributed by atoms with Crippen LogP contribution in [-0.2, 0) is 9.84 Å². The maximum absolute atomic E-state index is 11.6. The first-order valence-corrected chi connectivity index (χ1v) is 10.0. The van der Waals surface area contributed by atoms with Crippen molar-refractivity contribution in [3.63, 3.8) is 0 Å². The molecule has 0 amide bonds.